The van der Waals surface area contributed by atoms with E-state index in [4.69, 9.17) is 15.6 Å². The number of esters is 1. The zero-order valence-corrected chi connectivity index (χ0v) is 12.4. The Balaban J connectivity index is 2.68. The number of aryl methyl sites for hydroxylation is 2. The maximum absolute atomic E-state index is 11.5. The summed E-state index contributed by atoms with van der Waals surface area (Å²) in [7, 11) is 0. The number of benzene rings is 1. The molecule has 1 rings (SSSR count). The minimum absolute atomic E-state index is 0.0524. The van der Waals surface area contributed by atoms with Gasteiger partial charge in [0.2, 0.25) is 0 Å². The molecule has 22 heavy (non-hydrogen) atoms. The molecule has 0 saturated heterocycles. The van der Waals surface area contributed by atoms with Crippen LogP contribution in [0, 0.1) is 24.0 Å². The van der Waals surface area contributed by atoms with E-state index >= 15 is 0 Å². The predicted molar refractivity (Wildman–Crippen MR) is 77.2 cm³/mol. The lowest BCUT2D eigenvalue weighted by Gasteiger charge is -2.09. The van der Waals surface area contributed by atoms with Crippen molar-refractivity contribution in [2.24, 2.45) is 5.73 Å². The SMILES string of the molecule is Cc1cc(COC(=O)CC[C@H](N)C(=O)O)c([N+](=O)[O-])cc1C. The molecular weight excluding hydrogens is 292 g/mol. The Morgan fingerprint density at radius 1 is 1.36 bits per heavy atom. The molecule has 0 aromatic heterocycles. The zero-order chi connectivity index (χ0) is 16.9. The molecule has 0 bridgehead atoms. The lowest BCUT2D eigenvalue weighted by Crippen LogP contribution is -2.30. The second-order valence-corrected chi connectivity index (χ2v) is 4.97. The number of carbonyl (C=O) groups excluding carboxylic acids is 1. The van der Waals surface area contributed by atoms with Crippen LogP contribution in [0.2, 0.25) is 0 Å². The van der Waals surface area contributed by atoms with Gasteiger partial charge in [0.05, 0.1) is 10.5 Å². The van der Waals surface area contributed by atoms with Crippen molar-refractivity contribution in [3.05, 3.63) is 38.9 Å². The molecule has 0 spiro atoms. The molecule has 0 aliphatic rings. The van der Waals surface area contributed by atoms with Gasteiger partial charge in [-0.15, -0.1) is 0 Å². The van der Waals surface area contributed by atoms with Gasteiger partial charge < -0.3 is 15.6 Å². The van der Waals surface area contributed by atoms with Crippen molar-refractivity contribution in [2.45, 2.75) is 39.3 Å². The van der Waals surface area contributed by atoms with Gasteiger partial charge in [0, 0.05) is 12.5 Å². The molecule has 3 N–H and O–H groups in total. The van der Waals surface area contributed by atoms with E-state index in [1.807, 2.05) is 0 Å². The van der Waals surface area contributed by atoms with Gasteiger partial charge >= 0.3 is 11.9 Å². The number of hydrogen-bond donors (Lipinski definition) is 2. The smallest absolute Gasteiger partial charge is 0.320 e. The minimum atomic E-state index is -1.20. The molecule has 0 radical (unpaired) electrons. The number of carboxylic acid groups (broad SMARTS) is 1. The molecule has 0 heterocycles. The number of carbonyl (C=O) groups is 2. The molecule has 0 aliphatic carbocycles. The number of nitrogens with zero attached hydrogens (tertiary/aromatic N) is 1. The maximum atomic E-state index is 11.5. The van der Waals surface area contributed by atoms with Gasteiger partial charge in [0.15, 0.2) is 0 Å². The normalized spacial score (nSPS) is 11.8. The zero-order valence-electron chi connectivity index (χ0n) is 12.4. The van der Waals surface area contributed by atoms with E-state index in [1.54, 1.807) is 19.9 Å². The summed E-state index contributed by atoms with van der Waals surface area (Å²) < 4.78 is 4.95. The molecule has 1 aromatic rings. The Morgan fingerprint density at radius 3 is 2.50 bits per heavy atom. The molecule has 0 saturated carbocycles. The van der Waals surface area contributed by atoms with Crippen LogP contribution < -0.4 is 5.73 Å². The van der Waals surface area contributed by atoms with Crippen molar-refractivity contribution in [2.75, 3.05) is 0 Å². The third kappa shape index (κ3) is 4.81. The van der Waals surface area contributed by atoms with Crippen molar-refractivity contribution >= 4 is 17.6 Å². The second kappa shape index (κ2) is 7.51. The fourth-order valence-electron chi connectivity index (χ4n) is 1.77. The van der Waals surface area contributed by atoms with Crippen LogP contribution in [-0.2, 0) is 20.9 Å². The summed E-state index contributed by atoms with van der Waals surface area (Å²) in [5, 5.41) is 19.6. The average molecular weight is 310 g/mol. The van der Waals surface area contributed by atoms with E-state index in [2.05, 4.69) is 0 Å². The second-order valence-electron chi connectivity index (χ2n) is 4.97. The van der Waals surface area contributed by atoms with Crippen LogP contribution in [0.3, 0.4) is 0 Å². The molecule has 0 aliphatic heterocycles. The van der Waals surface area contributed by atoms with Crippen LogP contribution in [0.15, 0.2) is 12.1 Å². The van der Waals surface area contributed by atoms with Crippen molar-refractivity contribution in [1.82, 2.24) is 0 Å². The highest BCUT2D eigenvalue weighted by molar-refractivity contribution is 5.75. The van der Waals surface area contributed by atoms with E-state index < -0.39 is 22.9 Å². The Hall–Kier alpha value is -2.48. The van der Waals surface area contributed by atoms with Gasteiger partial charge in [-0.2, -0.15) is 0 Å². The Labute approximate surface area is 127 Å². The molecule has 8 nitrogen and oxygen atoms in total. The summed E-state index contributed by atoms with van der Waals surface area (Å²) in [5.41, 5.74) is 7.08. The van der Waals surface area contributed by atoms with Crippen LogP contribution in [0.5, 0.6) is 0 Å². The Kier molecular flexibility index (Phi) is 6.00. The third-order valence-electron chi connectivity index (χ3n) is 3.26. The first kappa shape index (κ1) is 17.6. The van der Waals surface area contributed by atoms with Crippen molar-refractivity contribution in [3.63, 3.8) is 0 Å². The van der Waals surface area contributed by atoms with Crippen LogP contribution in [0.1, 0.15) is 29.5 Å². The molecule has 8 heteroatoms. The largest absolute Gasteiger partial charge is 0.480 e. The number of aliphatic carboxylic acids is 1. The quantitative estimate of drug-likeness (QED) is 0.442. The molecule has 120 valence electrons. The van der Waals surface area contributed by atoms with Gasteiger partial charge in [-0.3, -0.25) is 19.7 Å². The van der Waals surface area contributed by atoms with E-state index in [0.29, 0.717) is 5.56 Å². The first-order chi connectivity index (χ1) is 10.2. The Bertz CT molecular complexity index is 599. The summed E-state index contributed by atoms with van der Waals surface area (Å²) in [6.45, 7) is 3.32. The number of rotatable bonds is 7. The van der Waals surface area contributed by atoms with Crippen LogP contribution in [0.25, 0.3) is 0 Å². The number of nitro benzene ring substituents is 1. The van der Waals surface area contributed by atoms with Crippen molar-refractivity contribution in [1.29, 1.82) is 0 Å². The fourth-order valence-corrected chi connectivity index (χ4v) is 1.77. The van der Waals surface area contributed by atoms with E-state index in [1.165, 1.54) is 6.07 Å². The molecule has 0 fully saturated rings. The van der Waals surface area contributed by atoms with Gasteiger partial charge in [-0.1, -0.05) is 0 Å². The minimum Gasteiger partial charge on any atom is -0.480 e. The number of nitrogens with two attached hydrogens (primary N) is 1. The van der Waals surface area contributed by atoms with E-state index in [0.717, 1.165) is 11.1 Å². The van der Waals surface area contributed by atoms with Crippen LogP contribution >= 0.6 is 0 Å². The first-order valence-corrected chi connectivity index (χ1v) is 6.61. The van der Waals surface area contributed by atoms with Gasteiger partial charge in [-0.05, 0) is 37.5 Å². The van der Waals surface area contributed by atoms with Crippen LogP contribution in [-0.4, -0.2) is 28.0 Å². The lowest BCUT2D eigenvalue weighted by atomic mass is 10.0. The average Bonchev–Trinajstić information content (AvgIpc) is 2.44. The summed E-state index contributed by atoms with van der Waals surface area (Å²) in [4.78, 5) is 32.5. The number of ether oxygens (including phenoxy) is 1. The van der Waals surface area contributed by atoms with Gasteiger partial charge in [-0.25, -0.2) is 0 Å². The monoisotopic (exact) mass is 310 g/mol. The number of nitro groups is 1. The van der Waals surface area contributed by atoms with Crippen LogP contribution in [0.4, 0.5) is 5.69 Å². The highest BCUT2D eigenvalue weighted by Gasteiger charge is 2.18. The number of carboxylic acids is 1. The van der Waals surface area contributed by atoms with E-state index in [9.17, 15) is 19.7 Å². The fraction of sp³-hybridized carbons (Fsp3) is 0.429. The highest BCUT2D eigenvalue weighted by atomic mass is 16.6. The summed E-state index contributed by atoms with van der Waals surface area (Å²) >= 11 is 0. The maximum Gasteiger partial charge on any atom is 0.320 e. The van der Waals surface area contributed by atoms with Crippen molar-refractivity contribution in [3.8, 4) is 0 Å². The van der Waals surface area contributed by atoms with Crippen molar-refractivity contribution < 1.29 is 24.4 Å². The molecule has 0 amide bonds. The molecule has 1 atom stereocenters. The lowest BCUT2D eigenvalue weighted by molar-refractivity contribution is -0.385. The molecular formula is C14H18N2O6. The summed E-state index contributed by atoms with van der Waals surface area (Å²) in [6, 6.07) is 1.89. The standard InChI is InChI=1S/C14H18N2O6/c1-8-5-10(12(16(20)21)6-9(8)2)7-22-13(17)4-3-11(15)14(18)19/h5-6,11H,3-4,7,15H2,1-2H3,(H,18,19)/t11-/m0/s1. The molecule has 1 aromatic carbocycles. The first-order valence-electron chi connectivity index (χ1n) is 6.61. The van der Waals surface area contributed by atoms with Gasteiger partial charge in [0.25, 0.3) is 5.69 Å². The number of hydrogen-bond acceptors (Lipinski definition) is 6. The van der Waals surface area contributed by atoms with E-state index in [-0.39, 0.29) is 25.1 Å². The molecule has 0 unspecified atom stereocenters. The third-order valence-corrected chi connectivity index (χ3v) is 3.26. The predicted octanol–water partition coefficient (Wildman–Crippen LogP) is 1.45. The highest BCUT2D eigenvalue weighted by Crippen LogP contribution is 2.24. The summed E-state index contributed by atoms with van der Waals surface area (Å²) in [5.74, 6) is -1.85. The van der Waals surface area contributed by atoms with Gasteiger partial charge in [0.1, 0.15) is 12.6 Å². The Morgan fingerprint density at radius 2 is 1.95 bits per heavy atom. The topological polar surface area (TPSA) is 133 Å². The summed E-state index contributed by atoms with van der Waals surface area (Å²) in [6.07, 6.45) is -0.213.